The van der Waals surface area contributed by atoms with Gasteiger partial charge < -0.3 is 0 Å². The fourth-order valence-corrected chi connectivity index (χ4v) is 1.31. The normalized spacial score (nSPS) is 10.7. The van der Waals surface area contributed by atoms with Gasteiger partial charge in [-0.3, -0.25) is 4.79 Å². The maximum Gasteiger partial charge on any atom is 0.150 e. The van der Waals surface area contributed by atoms with Crippen LogP contribution in [0.1, 0.15) is 11.7 Å². The van der Waals surface area contributed by atoms with Gasteiger partial charge >= 0.3 is 0 Å². The number of rotatable bonds is 2. The van der Waals surface area contributed by atoms with Gasteiger partial charge in [0.05, 0.1) is 1.37 Å². The summed E-state index contributed by atoms with van der Waals surface area (Å²) in [4.78, 5) is 10.5. The Kier molecular flexibility index (Phi) is 2.08. The summed E-state index contributed by atoms with van der Waals surface area (Å²) >= 11 is 0. The molecule has 2 aromatic carbocycles. The first-order valence-electron chi connectivity index (χ1n) is 4.92. The molecule has 0 aliphatic heterocycles. The number of carbonyl (C=O) groups excluding carboxylic acids is 1. The summed E-state index contributed by atoms with van der Waals surface area (Å²) in [5.74, 6) is 0. The van der Waals surface area contributed by atoms with E-state index >= 15 is 0 Å². The molecule has 1 nitrogen and oxygen atoms in total. The molecule has 1 heteroatoms. The lowest BCUT2D eigenvalue weighted by Gasteiger charge is -2.00. The van der Waals surface area contributed by atoms with Gasteiger partial charge in [0.25, 0.3) is 0 Å². The maximum absolute atomic E-state index is 10.5. The topological polar surface area (TPSA) is 17.1 Å². The van der Waals surface area contributed by atoms with E-state index in [1.54, 1.807) is 18.2 Å². The number of hydrogen-bond acceptors (Lipinski definition) is 1. The van der Waals surface area contributed by atoms with Crippen LogP contribution in [-0.2, 0) is 0 Å². The molecule has 0 aromatic heterocycles. The van der Waals surface area contributed by atoms with Gasteiger partial charge in [-0.1, -0.05) is 54.6 Å². The van der Waals surface area contributed by atoms with Crippen molar-refractivity contribution >= 4 is 6.29 Å². The summed E-state index contributed by atoms with van der Waals surface area (Å²) in [6, 6.07) is 15.2. The van der Waals surface area contributed by atoms with Crippen LogP contribution in [0.3, 0.4) is 0 Å². The van der Waals surface area contributed by atoms with Gasteiger partial charge in [0, 0.05) is 5.56 Å². The average molecular weight is 183 g/mol. The van der Waals surface area contributed by atoms with Crippen molar-refractivity contribution in [2.24, 2.45) is 0 Å². The molecule has 0 radical (unpaired) electrons. The fourth-order valence-electron chi connectivity index (χ4n) is 1.31. The molecule has 0 fully saturated rings. The second-order valence-electron chi connectivity index (χ2n) is 3.02. The highest BCUT2D eigenvalue weighted by atomic mass is 16.1. The molecule has 0 aliphatic rings. The third-order valence-electron chi connectivity index (χ3n) is 2.06. The second-order valence-corrected chi connectivity index (χ2v) is 3.02. The Morgan fingerprint density at radius 3 is 2.36 bits per heavy atom. The van der Waals surface area contributed by atoms with Crippen molar-refractivity contribution in [3.05, 3.63) is 60.1 Å². The highest BCUT2D eigenvalue weighted by Gasteiger charge is 1.95. The van der Waals surface area contributed by atoms with Crippen molar-refractivity contribution in [3.63, 3.8) is 0 Å². The minimum absolute atomic E-state index is 0.380. The molecule has 0 N–H and O–H groups in total. The highest BCUT2D eigenvalue weighted by Crippen LogP contribution is 2.18. The molecule has 0 amide bonds. The van der Waals surface area contributed by atoms with Gasteiger partial charge in [-0.05, 0) is 11.1 Å². The van der Waals surface area contributed by atoms with Gasteiger partial charge in [-0.15, -0.1) is 0 Å². The molecule has 0 atom stereocenters. The largest absolute Gasteiger partial charge is 0.298 e. The van der Waals surface area contributed by atoms with Gasteiger partial charge in [0.15, 0.2) is 0 Å². The van der Waals surface area contributed by atoms with Crippen LogP contribution in [0.5, 0.6) is 0 Å². The average Bonchev–Trinajstić information content (AvgIpc) is 2.30. The molecule has 68 valence electrons. The fraction of sp³-hybridized carbons (Fsp3) is 0. The van der Waals surface area contributed by atoms with Crippen molar-refractivity contribution in [1.82, 2.24) is 0 Å². The number of aldehydes is 1. The van der Waals surface area contributed by atoms with Crippen molar-refractivity contribution in [2.75, 3.05) is 0 Å². The van der Waals surface area contributed by atoms with E-state index in [9.17, 15) is 4.79 Å². The van der Waals surface area contributed by atoms with Crippen LogP contribution in [0, 0.1) is 0 Å². The molecule has 0 bridgehead atoms. The zero-order chi connectivity index (χ0) is 10.7. The standard InChI is InChI=1S/C13H10O/c14-10-11-6-8-13(9-7-11)12-4-2-1-3-5-12/h1-10H/i8D. The lowest BCUT2D eigenvalue weighted by atomic mass is 10.0. The zero-order valence-corrected chi connectivity index (χ0v) is 7.60. The van der Waals surface area contributed by atoms with Gasteiger partial charge in [-0.2, -0.15) is 0 Å². The maximum atomic E-state index is 10.5. The van der Waals surface area contributed by atoms with Crippen LogP contribution in [0.4, 0.5) is 0 Å². The summed E-state index contributed by atoms with van der Waals surface area (Å²) in [7, 11) is 0. The minimum atomic E-state index is 0.380. The molecular formula is C13H10O. The lowest BCUT2D eigenvalue weighted by Crippen LogP contribution is -1.80. The lowest BCUT2D eigenvalue weighted by molar-refractivity contribution is 0.112. The quantitative estimate of drug-likeness (QED) is 0.653. The monoisotopic (exact) mass is 183 g/mol. The van der Waals surface area contributed by atoms with E-state index in [2.05, 4.69) is 0 Å². The highest BCUT2D eigenvalue weighted by molar-refractivity contribution is 5.76. The van der Waals surface area contributed by atoms with Crippen LogP contribution < -0.4 is 0 Å². The SMILES string of the molecule is [2H]c1cc(C=O)ccc1-c1ccccc1. The number of benzene rings is 2. The van der Waals surface area contributed by atoms with Crippen molar-refractivity contribution in [1.29, 1.82) is 0 Å². The Morgan fingerprint density at radius 2 is 1.71 bits per heavy atom. The van der Waals surface area contributed by atoms with Crippen molar-refractivity contribution in [3.8, 4) is 11.1 Å². The Hall–Kier alpha value is -1.89. The van der Waals surface area contributed by atoms with Gasteiger partial charge in [0.1, 0.15) is 6.29 Å². The molecule has 0 saturated carbocycles. The van der Waals surface area contributed by atoms with Crippen molar-refractivity contribution in [2.45, 2.75) is 0 Å². The first kappa shape index (κ1) is 7.51. The van der Waals surface area contributed by atoms with E-state index in [4.69, 9.17) is 1.37 Å². The number of carbonyl (C=O) groups is 1. The van der Waals surface area contributed by atoms with Crippen LogP contribution in [0.15, 0.2) is 54.6 Å². The van der Waals surface area contributed by atoms with E-state index in [1.807, 2.05) is 30.3 Å². The first-order valence-corrected chi connectivity index (χ1v) is 4.42. The van der Waals surface area contributed by atoms with Crippen LogP contribution in [0.2, 0.25) is 0 Å². The molecule has 0 saturated heterocycles. The molecule has 0 unspecified atom stereocenters. The summed E-state index contributed by atoms with van der Waals surface area (Å²) in [5.41, 5.74) is 2.39. The Balaban J connectivity index is 2.51. The molecule has 2 rings (SSSR count). The Labute approximate surface area is 84.4 Å². The molecule has 14 heavy (non-hydrogen) atoms. The minimum Gasteiger partial charge on any atom is -0.298 e. The van der Waals surface area contributed by atoms with E-state index in [1.165, 1.54) is 0 Å². The van der Waals surface area contributed by atoms with Crippen LogP contribution in [0.25, 0.3) is 11.1 Å². The second kappa shape index (κ2) is 3.88. The molecule has 2 aromatic rings. The van der Waals surface area contributed by atoms with Gasteiger partial charge in [-0.25, -0.2) is 0 Å². The molecule has 0 aliphatic carbocycles. The summed E-state index contributed by atoms with van der Waals surface area (Å²) < 4.78 is 7.79. The van der Waals surface area contributed by atoms with Crippen LogP contribution >= 0.6 is 0 Å². The third-order valence-corrected chi connectivity index (χ3v) is 2.06. The summed E-state index contributed by atoms with van der Waals surface area (Å²) in [6.07, 6.45) is 0.757. The summed E-state index contributed by atoms with van der Waals surface area (Å²) in [6.45, 7) is 0. The van der Waals surface area contributed by atoms with E-state index < -0.39 is 0 Å². The van der Waals surface area contributed by atoms with Crippen LogP contribution in [-0.4, -0.2) is 6.29 Å². The molecular weight excluding hydrogens is 172 g/mol. The first-order chi connectivity index (χ1) is 7.31. The van der Waals surface area contributed by atoms with E-state index in [0.717, 1.165) is 17.4 Å². The Bertz CT molecular complexity index is 477. The Morgan fingerprint density at radius 1 is 0.929 bits per heavy atom. The smallest absolute Gasteiger partial charge is 0.150 e. The predicted molar refractivity (Wildman–Crippen MR) is 57.3 cm³/mol. The number of hydrogen-bond donors (Lipinski definition) is 0. The molecule has 0 spiro atoms. The van der Waals surface area contributed by atoms with E-state index in [0.29, 0.717) is 11.6 Å². The third kappa shape index (κ3) is 1.72. The molecule has 0 heterocycles. The predicted octanol–water partition coefficient (Wildman–Crippen LogP) is 3.17. The zero-order valence-electron chi connectivity index (χ0n) is 8.60. The van der Waals surface area contributed by atoms with E-state index in [-0.39, 0.29) is 0 Å². The summed E-state index contributed by atoms with van der Waals surface area (Å²) in [5, 5.41) is 0. The van der Waals surface area contributed by atoms with Gasteiger partial charge in [0.2, 0.25) is 0 Å². The van der Waals surface area contributed by atoms with Crippen molar-refractivity contribution < 1.29 is 6.17 Å².